The fourth-order valence-electron chi connectivity index (χ4n) is 3.56. The standard InChI is InChI=1S/C23H24N4O4S2/c1-16-9-10-18(25-23(29)24-17-7-3-2-4-8-17)15-19(16)26-22(28)21-20(11-14-32-21)33(30,31)27-12-5-6-13-27/h2-4,7-11,14-15H,5-6,12-13H2,1H3,(H,26,28)(H2,24,25,29). The molecular formula is C23H24N4O4S2. The number of thiophene rings is 1. The van der Waals surface area contributed by atoms with Gasteiger partial charge in [-0.15, -0.1) is 11.3 Å². The smallest absolute Gasteiger partial charge is 0.321 e. The fraction of sp³-hybridized carbons (Fsp3) is 0.217. The first-order chi connectivity index (χ1) is 15.8. The Hall–Kier alpha value is -3.21. The topological polar surface area (TPSA) is 108 Å². The maximum atomic E-state index is 13.0. The number of para-hydroxylation sites is 1. The van der Waals surface area contributed by atoms with Crippen molar-refractivity contribution in [2.75, 3.05) is 29.0 Å². The van der Waals surface area contributed by atoms with Crippen LogP contribution in [0.25, 0.3) is 0 Å². The van der Waals surface area contributed by atoms with Gasteiger partial charge in [0.15, 0.2) is 0 Å². The summed E-state index contributed by atoms with van der Waals surface area (Å²) in [5.41, 5.74) is 2.40. The van der Waals surface area contributed by atoms with E-state index in [-0.39, 0.29) is 9.77 Å². The van der Waals surface area contributed by atoms with Crippen molar-refractivity contribution in [3.63, 3.8) is 0 Å². The van der Waals surface area contributed by atoms with E-state index in [0.717, 1.165) is 29.7 Å². The first-order valence-corrected chi connectivity index (χ1v) is 12.8. The van der Waals surface area contributed by atoms with Crippen LogP contribution < -0.4 is 16.0 Å². The number of anilines is 3. The number of aryl methyl sites for hydroxylation is 1. The third kappa shape index (κ3) is 5.24. The maximum absolute atomic E-state index is 13.0. The molecular weight excluding hydrogens is 460 g/mol. The van der Waals surface area contributed by atoms with Crippen LogP contribution in [0.3, 0.4) is 0 Å². The SMILES string of the molecule is Cc1ccc(NC(=O)Nc2ccccc2)cc1NC(=O)c1sccc1S(=O)(=O)N1CCCC1. The van der Waals surface area contributed by atoms with Crippen LogP contribution in [0.4, 0.5) is 21.9 Å². The van der Waals surface area contributed by atoms with E-state index in [9.17, 15) is 18.0 Å². The molecule has 3 amide bonds. The lowest BCUT2D eigenvalue weighted by Crippen LogP contribution is -2.29. The predicted octanol–water partition coefficient (Wildman–Crippen LogP) is 4.74. The summed E-state index contributed by atoms with van der Waals surface area (Å²) in [6.45, 7) is 2.76. The van der Waals surface area contributed by atoms with Gasteiger partial charge in [-0.2, -0.15) is 4.31 Å². The number of sulfonamides is 1. The molecule has 1 fully saturated rings. The summed E-state index contributed by atoms with van der Waals surface area (Å²) in [5, 5.41) is 9.87. The van der Waals surface area contributed by atoms with Crippen LogP contribution in [0.1, 0.15) is 28.1 Å². The van der Waals surface area contributed by atoms with E-state index in [4.69, 9.17) is 0 Å². The maximum Gasteiger partial charge on any atom is 0.323 e. The monoisotopic (exact) mass is 484 g/mol. The molecule has 0 spiro atoms. The lowest BCUT2D eigenvalue weighted by atomic mass is 10.1. The summed E-state index contributed by atoms with van der Waals surface area (Å²) in [4.78, 5) is 25.5. The predicted molar refractivity (Wildman–Crippen MR) is 131 cm³/mol. The second-order valence-corrected chi connectivity index (χ2v) is 10.5. The summed E-state index contributed by atoms with van der Waals surface area (Å²) < 4.78 is 27.4. The molecule has 10 heteroatoms. The van der Waals surface area contributed by atoms with E-state index in [1.54, 1.807) is 35.7 Å². The second-order valence-electron chi connectivity index (χ2n) is 7.65. The minimum Gasteiger partial charge on any atom is -0.321 e. The summed E-state index contributed by atoms with van der Waals surface area (Å²) in [6.07, 6.45) is 1.64. The first-order valence-electron chi connectivity index (χ1n) is 10.5. The third-order valence-corrected chi connectivity index (χ3v) is 8.28. The molecule has 1 aliphatic rings. The molecule has 172 valence electrons. The highest BCUT2D eigenvalue weighted by atomic mass is 32.2. The number of hydrogen-bond acceptors (Lipinski definition) is 5. The van der Waals surface area contributed by atoms with Crippen LogP contribution in [0.2, 0.25) is 0 Å². The van der Waals surface area contributed by atoms with E-state index in [0.29, 0.717) is 30.2 Å². The van der Waals surface area contributed by atoms with Gasteiger partial charge in [-0.1, -0.05) is 24.3 Å². The van der Waals surface area contributed by atoms with Crippen LogP contribution in [0.5, 0.6) is 0 Å². The lowest BCUT2D eigenvalue weighted by molar-refractivity contribution is 0.102. The average Bonchev–Trinajstić information content (AvgIpc) is 3.50. The Morgan fingerprint density at radius 2 is 1.61 bits per heavy atom. The third-order valence-electron chi connectivity index (χ3n) is 5.29. The Morgan fingerprint density at radius 3 is 2.33 bits per heavy atom. The van der Waals surface area contributed by atoms with Crippen LogP contribution in [0.15, 0.2) is 64.9 Å². The van der Waals surface area contributed by atoms with Crippen LogP contribution >= 0.6 is 11.3 Å². The van der Waals surface area contributed by atoms with Crippen LogP contribution in [0, 0.1) is 6.92 Å². The van der Waals surface area contributed by atoms with Crippen molar-refractivity contribution in [1.29, 1.82) is 0 Å². The molecule has 4 rings (SSSR count). The average molecular weight is 485 g/mol. The van der Waals surface area contributed by atoms with E-state index in [1.807, 2.05) is 25.1 Å². The summed E-state index contributed by atoms with van der Waals surface area (Å²) in [5.74, 6) is -0.503. The molecule has 1 saturated heterocycles. The summed E-state index contributed by atoms with van der Waals surface area (Å²) >= 11 is 1.09. The molecule has 3 N–H and O–H groups in total. The van der Waals surface area contributed by atoms with Crippen molar-refractivity contribution < 1.29 is 18.0 Å². The van der Waals surface area contributed by atoms with E-state index in [1.165, 1.54) is 10.4 Å². The molecule has 1 aliphatic heterocycles. The second kappa shape index (κ2) is 9.74. The molecule has 0 atom stereocenters. The Bertz CT molecular complexity index is 1270. The highest BCUT2D eigenvalue weighted by Crippen LogP contribution is 2.29. The molecule has 0 saturated carbocycles. The van der Waals surface area contributed by atoms with Gasteiger partial charge in [0.2, 0.25) is 10.0 Å². The fourth-order valence-corrected chi connectivity index (χ4v) is 6.38. The first kappa shape index (κ1) is 23.0. The minimum atomic E-state index is -3.71. The van der Waals surface area contributed by atoms with Crippen molar-refractivity contribution in [2.24, 2.45) is 0 Å². The largest absolute Gasteiger partial charge is 0.323 e. The lowest BCUT2D eigenvalue weighted by Gasteiger charge is -2.16. The van der Waals surface area contributed by atoms with Crippen molar-refractivity contribution >= 4 is 50.4 Å². The number of carbonyl (C=O) groups excluding carboxylic acids is 2. The van der Waals surface area contributed by atoms with Gasteiger partial charge >= 0.3 is 6.03 Å². The molecule has 0 unspecified atom stereocenters. The zero-order chi connectivity index (χ0) is 23.4. The minimum absolute atomic E-state index is 0.0288. The molecule has 33 heavy (non-hydrogen) atoms. The zero-order valence-corrected chi connectivity index (χ0v) is 19.6. The highest BCUT2D eigenvalue weighted by molar-refractivity contribution is 7.89. The Morgan fingerprint density at radius 1 is 0.909 bits per heavy atom. The molecule has 8 nitrogen and oxygen atoms in total. The number of amides is 3. The van der Waals surface area contributed by atoms with Crippen molar-refractivity contribution in [2.45, 2.75) is 24.7 Å². The van der Waals surface area contributed by atoms with Gasteiger partial charge in [-0.3, -0.25) is 4.79 Å². The van der Waals surface area contributed by atoms with Crippen LogP contribution in [-0.2, 0) is 10.0 Å². The number of benzene rings is 2. The quantitative estimate of drug-likeness (QED) is 0.470. The molecule has 2 heterocycles. The van der Waals surface area contributed by atoms with Gasteiger partial charge in [0.05, 0.1) is 0 Å². The number of carbonyl (C=O) groups is 2. The zero-order valence-electron chi connectivity index (χ0n) is 18.0. The van der Waals surface area contributed by atoms with Gasteiger partial charge in [0.1, 0.15) is 9.77 Å². The number of hydrogen-bond donors (Lipinski definition) is 3. The Kier molecular flexibility index (Phi) is 6.77. The molecule has 0 radical (unpaired) electrons. The molecule has 0 aliphatic carbocycles. The highest BCUT2D eigenvalue weighted by Gasteiger charge is 2.32. The number of nitrogens with one attached hydrogen (secondary N) is 3. The van der Waals surface area contributed by atoms with Gasteiger partial charge < -0.3 is 16.0 Å². The van der Waals surface area contributed by atoms with E-state index >= 15 is 0 Å². The number of urea groups is 1. The summed E-state index contributed by atoms with van der Waals surface area (Å²) in [7, 11) is -3.71. The van der Waals surface area contributed by atoms with Crippen molar-refractivity contribution in [3.8, 4) is 0 Å². The normalized spacial score (nSPS) is 14.1. The van der Waals surface area contributed by atoms with Gasteiger partial charge in [-0.05, 0) is 61.0 Å². The number of rotatable bonds is 6. The Balaban J connectivity index is 1.49. The molecule has 2 aromatic carbocycles. The molecule has 1 aromatic heterocycles. The van der Waals surface area contributed by atoms with Gasteiger partial charge in [0.25, 0.3) is 5.91 Å². The summed E-state index contributed by atoms with van der Waals surface area (Å²) in [6, 6.07) is 15.2. The van der Waals surface area contributed by atoms with Crippen LogP contribution in [-0.4, -0.2) is 37.8 Å². The molecule has 0 bridgehead atoms. The van der Waals surface area contributed by atoms with Gasteiger partial charge in [-0.25, -0.2) is 13.2 Å². The van der Waals surface area contributed by atoms with Crippen molar-refractivity contribution in [1.82, 2.24) is 4.31 Å². The molecule has 3 aromatic rings. The number of nitrogens with zero attached hydrogens (tertiary/aromatic N) is 1. The van der Waals surface area contributed by atoms with Gasteiger partial charge in [0, 0.05) is 30.2 Å². The van der Waals surface area contributed by atoms with E-state index in [2.05, 4.69) is 16.0 Å². The van der Waals surface area contributed by atoms with E-state index < -0.39 is 22.0 Å². The Labute approximate surface area is 196 Å². The van der Waals surface area contributed by atoms with Crippen molar-refractivity contribution in [3.05, 3.63) is 70.4 Å².